The SMILES string of the molecule is Cn1c(COc2ccc(F)c(Cl)c2)nnc1SCC(=O)Nc1cc(Cl)cc(Cl)c1. The first-order valence-electron chi connectivity index (χ1n) is 8.16. The number of nitrogens with one attached hydrogen (secondary N) is 1. The van der Waals surface area contributed by atoms with Gasteiger partial charge in [0.2, 0.25) is 5.91 Å². The maximum atomic E-state index is 13.2. The summed E-state index contributed by atoms with van der Waals surface area (Å²) in [5, 5.41) is 12.2. The molecule has 0 radical (unpaired) electrons. The van der Waals surface area contributed by atoms with Gasteiger partial charge in [0.15, 0.2) is 11.0 Å². The fraction of sp³-hybridized carbons (Fsp3) is 0.167. The van der Waals surface area contributed by atoms with Crippen molar-refractivity contribution in [1.29, 1.82) is 0 Å². The molecule has 11 heteroatoms. The Bertz CT molecular complexity index is 1030. The molecule has 0 bridgehead atoms. The molecule has 1 N–H and O–H groups in total. The van der Waals surface area contributed by atoms with E-state index in [0.29, 0.717) is 32.5 Å². The smallest absolute Gasteiger partial charge is 0.234 e. The highest BCUT2D eigenvalue weighted by Crippen LogP contribution is 2.24. The van der Waals surface area contributed by atoms with Gasteiger partial charge < -0.3 is 14.6 Å². The molecule has 29 heavy (non-hydrogen) atoms. The predicted octanol–water partition coefficient (Wildman–Crippen LogP) is 5.22. The van der Waals surface area contributed by atoms with E-state index < -0.39 is 5.82 Å². The molecule has 0 saturated carbocycles. The van der Waals surface area contributed by atoms with E-state index >= 15 is 0 Å². The van der Waals surface area contributed by atoms with Crippen molar-refractivity contribution in [3.63, 3.8) is 0 Å². The number of hydrogen-bond acceptors (Lipinski definition) is 5. The van der Waals surface area contributed by atoms with Crippen molar-refractivity contribution in [3.05, 3.63) is 63.1 Å². The molecule has 6 nitrogen and oxygen atoms in total. The average molecular weight is 476 g/mol. The van der Waals surface area contributed by atoms with Crippen LogP contribution in [0.4, 0.5) is 10.1 Å². The van der Waals surface area contributed by atoms with Crippen molar-refractivity contribution in [3.8, 4) is 5.75 Å². The Morgan fingerprint density at radius 1 is 1.17 bits per heavy atom. The van der Waals surface area contributed by atoms with Crippen LogP contribution in [0.3, 0.4) is 0 Å². The van der Waals surface area contributed by atoms with Gasteiger partial charge in [-0.05, 0) is 30.3 Å². The Morgan fingerprint density at radius 2 is 1.90 bits per heavy atom. The third-order valence-corrected chi connectivity index (χ3v) is 5.41. The third kappa shape index (κ3) is 5.99. The summed E-state index contributed by atoms with van der Waals surface area (Å²) in [7, 11) is 1.76. The van der Waals surface area contributed by atoms with E-state index in [1.54, 1.807) is 29.8 Å². The lowest BCUT2D eigenvalue weighted by Crippen LogP contribution is -2.14. The zero-order valence-electron chi connectivity index (χ0n) is 15.0. The Morgan fingerprint density at radius 3 is 2.59 bits per heavy atom. The number of ether oxygens (including phenoxy) is 1. The van der Waals surface area contributed by atoms with Crippen LogP contribution in [0.25, 0.3) is 0 Å². The molecule has 0 unspecified atom stereocenters. The second-order valence-corrected chi connectivity index (χ2v) is 8.04. The van der Waals surface area contributed by atoms with E-state index in [1.165, 1.54) is 30.0 Å². The van der Waals surface area contributed by atoms with Gasteiger partial charge in [0.25, 0.3) is 0 Å². The number of rotatable bonds is 7. The van der Waals surface area contributed by atoms with Crippen LogP contribution in [0.2, 0.25) is 15.1 Å². The number of hydrogen-bond donors (Lipinski definition) is 1. The second-order valence-electron chi connectivity index (χ2n) is 5.82. The lowest BCUT2D eigenvalue weighted by atomic mass is 10.3. The highest BCUT2D eigenvalue weighted by molar-refractivity contribution is 7.99. The molecule has 0 fully saturated rings. The quantitative estimate of drug-likeness (QED) is 0.474. The van der Waals surface area contributed by atoms with Gasteiger partial charge in [-0.25, -0.2) is 4.39 Å². The number of amides is 1. The van der Waals surface area contributed by atoms with E-state index in [-0.39, 0.29) is 23.3 Å². The summed E-state index contributed by atoms with van der Waals surface area (Å²) in [6.45, 7) is 0.110. The molecule has 2 aromatic carbocycles. The summed E-state index contributed by atoms with van der Waals surface area (Å²) < 4.78 is 20.5. The topological polar surface area (TPSA) is 69.0 Å². The van der Waals surface area contributed by atoms with Gasteiger partial charge in [0.05, 0.1) is 10.8 Å². The normalized spacial score (nSPS) is 10.8. The van der Waals surface area contributed by atoms with Crippen molar-refractivity contribution < 1.29 is 13.9 Å². The maximum absolute atomic E-state index is 13.2. The van der Waals surface area contributed by atoms with Gasteiger partial charge in [-0.15, -0.1) is 10.2 Å². The van der Waals surface area contributed by atoms with E-state index in [2.05, 4.69) is 15.5 Å². The molecular formula is C18H14Cl3FN4O2S. The molecule has 1 aromatic heterocycles. The van der Waals surface area contributed by atoms with Crippen molar-refractivity contribution in [2.45, 2.75) is 11.8 Å². The number of thioether (sulfide) groups is 1. The van der Waals surface area contributed by atoms with Crippen molar-refractivity contribution in [2.24, 2.45) is 7.05 Å². The molecule has 152 valence electrons. The zero-order valence-corrected chi connectivity index (χ0v) is 18.0. The molecule has 1 heterocycles. The van der Waals surface area contributed by atoms with Crippen molar-refractivity contribution in [2.75, 3.05) is 11.1 Å². The number of nitrogens with zero attached hydrogens (tertiary/aromatic N) is 3. The number of carbonyl (C=O) groups excluding carboxylic acids is 1. The molecular weight excluding hydrogens is 462 g/mol. The van der Waals surface area contributed by atoms with Crippen LogP contribution in [0.1, 0.15) is 5.82 Å². The highest BCUT2D eigenvalue weighted by atomic mass is 35.5. The third-order valence-electron chi connectivity index (χ3n) is 3.66. The number of aromatic nitrogens is 3. The summed E-state index contributed by atoms with van der Waals surface area (Å²) >= 11 is 18.8. The van der Waals surface area contributed by atoms with E-state index in [4.69, 9.17) is 39.5 Å². The van der Waals surface area contributed by atoms with Crippen LogP contribution >= 0.6 is 46.6 Å². The monoisotopic (exact) mass is 474 g/mol. The number of halogens is 4. The standard InChI is InChI=1S/C18H14Cl3FN4O2S/c1-26-16(8-28-13-2-3-15(22)14(21)7-13)24-25-18(26)29-9-17(27)23-12-5-10(19)4-11(20)6-12/h2-7H,8-9H2,1H3,(H,23,27). The number of anilines is 1. The molecule has 0 saturated heterocycles. The van der Waals surface area contributed by atoms with Crippen LogP contribution in [0, 0.1) is 5.82 Å². The Hall–Kier alpha value is -2.00. The molecule has 0 aliphatic rings. The Kier molecular flexibility index (Phi) is 7.23. The van der Waals surface area contributed by atoms with Gasteiger partial charge >= 0.3 is 0 Å². The van der Waals surface area contributed by atoms with Crippen molar-refractivity contribution >= 4 is 58.2 Å². The lowest BCUT2D eigenvalue weighted by Gasteiger charge is -2.08. The first-order chi connectivity index (χ1) is 13.8. The first-order valence-corrected chi connectivity index (χ1v) is 10.3. The average Bonchev–Trinajstić information content (AvgIpc) is 3.00. The van der Waals surface area contributed by atoms with Crippen LogP contribution in [0.15, 0.2) is 41.6 Å². The highest BCUT2D eigenvalue weighted by Gasteiger charge is 2.13. The minimum atomic E-state index is -0.519. The van der Waals surface area contributed by atoms with E-state index in [1.807, 2.05) is 0 Å². The molecule has 0 aliphatic heterocycles. The molecule has 0 spiro atoms. The largest absolute Gasteiger partial charge is 0.486 e. The molecule has 0 aliphatic carbocycles. The summed E-state index contributed by atoms with van der Waals surface area (Å²) in [6.07, 6.45) is 0. The molecule has 3 aromatic rings. The molecule has 1 amide bonds. The van der Waals surface area contributed by atoms with Crippen molar-refractivity contribution in [1.82, 2.24) is 14.8 Å². The zero-order chi connectivity index (χ0) is 21.0. The predicted molar refractivity (Wildman–Crippen MR) is 113 cm³/mol. The summed E-state index contributed by atoms with van der Waals surface area (Å²) in [4.78, 5) is 12.2. The maximum Gasteiger partial charge on any atom is 0.234 e. The molecule has 0 atom stereocenters. The van der Waals surface area contributed by atoms with Crippen LogP contribution in [0.5, 0.6) is 5.75 Å². The van der Waals surface area contributed by atoms with E-state index in [0.717, 1.165) is 0 Å². The van der Waals surface area contributed by atoms with Gasteiger partial charge in [-0.3, -0.25) is 4.79 Å². The van der Waals surface area contributed by atoms with Gasteiger partial charge in [-0.2, -0.15) is 0 Å². The second kappa shape index (κ2) is 9.67. The van der Waals surface area contributed by atoms with Gasteiger partial charge in [0.1, 0.15) is 18.2 Å². The first kappa shape index (κ1) is 21.7. The molecule has 3 rings (SSSR count). The van der Waals surface area contributed by atoms with Crippen LogP contribution in [-0.4, -0.2) is 26.4 Å². The summed E-state index contributed by atoms with van der Waals surface area (Å²) in [6, 6.07) is 8.87. The Balaban J connectivity index is 1.54. The summed E-state index contributed by atoms with van der Waals surface area (Å²) in [5.41, 5.74) is 0.512. The fourth-order valence-electron chi connectivity index (χ4n) is 2.26. The minimum Gasteiger partial charge on any atom is -0.486 e. The number of carbonyl (C=O) groups is 1. The Labute approximate surface area is 185 Å². The fourth-order valence-corrected chi connectivity index (χ4v) is 3.69. The van der Waals surface area contributed by atoms with Crippen LogP contribution < -0.4 is 10.1 Å². The van der Waals surface area contributed by atoms with Crippen LogP contribution in [-0.2, 0) is 18.4 Å². The van der Waals surface area contributed by atoms with Gasteiger partial charge in [0, 0.05) is 28.8 Å². The number of benzene rings is 2. The van der Waals surface area contributed by atoms with Gasteiger partial charge in [-0.1, -0.05) is 46.6 Å². The summed E-state index contributed by atoms with van der Waals surface area (Å²) in [5.74, 6) is 0.303. The minimum absolute atomic E-state index is 0.0243. The van der Waals surface area contributed by atoms with E-state index in [9.17, 15) is 9.18 Å². The lowest BCUT2D eigenvalue weighted by molar-refractivity contribution is -0.113.